The van der Waals surface area contributed by atoms with Crippen molar-refractivity contribution in [3.8, 4) is 17.0 Å². The molecule has 0 aliphatic carbocycles. The van der Waals surface area contributed by atoms with Crippen LogP contribution in [0.15, 0.2) is 47.8 Å². The summed E-state index contributed by atoms with van der Waals surface area (Å²) in [5.74, 6) is 0.730. The van der Waals surface area contributed by atoms with Crippen LogP contribution in [0.25, 0.3) is 11.3 Å². The first-order chi connectivity index (χ1) is 15.6. The van der Waals surface area contributed by atoms with Crippen LogP contribution in [0, 0.1) is 12.3 Å². The second-order valence-corrected chi connectivity index (χ2v) is 10.4. The highest BCUT2D eigenvalue weighted by atomic mass is 32.2. The number of anilines is 1. The molecular weight excluding hydrogens is 458 g/mol. The summed E-state index contributed by atoms with van der Waals surface area (Å²) >= 11 is 1.51. The molecule has 1 atom stereocenters. The monoisotopic (exact) mass is 487 g/mol. The minimum absolute atomic E-state index is 0.0634. The number of aromatic nitrogens is 1. The number of hydrogen-bond donors (Lipinski definition) is 3. The average Bonchev–Trinajstić information content (AvgIpc) is 3.23. The molecule has 0 fully saturated rings. The molecule has 0 spiro atoms. The van der Waals surface area contributed by atoms with Crippen molar-refractivity contribution in [2.45, 2.75) is 40.2 Å². The van der Waals surface area contributed by atoms with E-state index in [4.69, 9.17) is 9.72 Å². The molecule has 33 heavy (non-hydrogen) atoms. The van der Waals surface area contributed by atoms with Crippen LogP contribution in [0.4, 0.5) is 5.69 Å². The summed E-state index contributed by atoms with van der Waals surface area (Å²) in [5.41, 5.74) is 3.83. The van der Waals surface area contributed by atoms with Crippen LogP contribution < -0.4 is 14.8 Å². The Bertz CT molecular complexity index is 1190. The summed E-state index contributed by atoms with van der Waals surface area (Å²) < 4.78 is 29.4. The fourth-order valence-electron chi connectivity index (χ4n) is 3.25. The number of benzene rings is 2. The highest BCUT2D eigenvalue weighted by Gasteiger charge is 2.26. The number of rotatable bonds is 8. The molecular formula is C24H29N3O4S2. The minimum Gasteiger partial charge on any atom is -0.497 e. The Balaban J connectivity index is 1.89. The third-order valence-corrected chi connectivity index (χ3v) is 6.53. The van der Waals surface area contributed by atoms with Gasteiger partial charge in [-0.25, -0.2) is 13.4 Å². The summed E-state index contributed by atoms with van der Waals surface area (Å²) in [7, 11) is -1.07. The maximum Gasteiger partial charge on any atom is 0.225 e. The number of methoxy groups -OCH3 is 1. The van der Waals surface area contributed by atoms with Gasteiger partial charge in [0.15, 0.2) is 0 Å². The molecule has 2 N–H and O–H groups in total. The molecule has 1 heterocycles. The van der Waals surface area contributed by atoms with Gasteiger partial charge in [0, 0.05) is 22.0 Å². The number of carbonyl (C=O) groups excluding carboxylic acids is 1. The van der Waals surface area contributed by atoms with E-state index in [9.17, 15) is 13.2 Å². The molecule has 9 heteroatoms. The molecule has 0 unspecified atom stereocenters. The van der Waals surface area contributed by atoms with Crippen molar-refractivity contribution >= 4 is 33.8 Å². The molecule has 3 aromatic rings. The molecule has 7 nitrogen and oxygen atoms in total. The van der Waals surface area contributed by atoms with E-state index >= 15 is 0 Å². The highest BCUT2D eigenvalue weighted by Crippen LogP contribution is 2.31. The van der Waals surface area contributed by atoms with Gasteiger partial charge in [0.25, 0.3) is 0 Å². The van der Waals surface area contributed by atoms with Crippen molar-refractivity contribution < 1.29 is 17.9 Å². The van der Waals surface area contributed by atoms with Gasteiger partial charge in [0.1, 0.15) is 10.8 Å². The quantitative estimate of drug-likeness (QED) is 0.406. The molecule has 0 aliphatic rings. The first kappa shape index (κ1) is 24.7. The van der Waals surface area contributed by atoms with E-state index in [0.29, 0.717) is 12.1 Å². The van der Waals surface area contributed by atoms with Crippen LogP contribution in [0.1, 0.15) is 42.9 Å². The van der Waals surface area contributed by atoms with Gasteiger partial charge in [-0.05, 0) is 54.8 Å². The zero-order valence-electron chi connectivity index (χ0n) is 19.3. The van der Waals surface area contributed by atoms with Gasteiger partial charge in [0.05, 0.1) is 18.8 Å². The van der Waals surface area contributed by atoms with Crippen LogP contribution in [0.5, 0.6) is 5.75 Å². The van der Waals surface area contributed by atoms with Crippen molar-refractivity contribution in [1.82, 2.24) is 10.3 Å². The van der Waals surface area contributed by atoms with E-state index in [1.807, 2.05) is 63.4 Å². The number of amides is 1. The largest absolute Gasteiger partial charge is 0.497 e. The Hall–Kier alpha value is -2.91. The number of nitrogens with zero attached hydrogens (tertiary/aromatic N) is 1. The lowest BCUT2D eigenvalue weighted by Gasteiger charge is -2.23. The summed E-state index contributed by atoms with van der Waals surface area (Å²) in [4.78, 5) is 17.6. The number of thiol groups is 1. The van der Waals surface area contributed by atoms with Crippen LogP contribution in [0.2, 0.25) is 0 Å². The molecule has 1 aromatic heterocycles. The van der Waals surface area contributed by atoms with Crippen LogP contribution >= 0.6 is 11.3 Å². The molecule has 176 valence electrons. The summed E-state index contributed by atoms with van der Waals surface area (Å²) in [6, 6.07) is 12.7. The lowest BCUT2D eigenvalue weighted by Crippen LogP contribution is -2.38. The van der Waals surface area contributed by atoms with Gasteiger partial charge in [-0.15, -0.1) is 11.3 Å². The van der Waals surface area contributed by atoms with E-state index in [-0.39, 0.29) is 11.9 Å². The third-order valence-electron chi connectivity index (χ3n) is 5.13. The summed E-state index contributed by atoms with van der Waals surface area (Å²) in [6.45, 7) is 7.63. The van der Waals surface area contributed by atoms with Gasteiger partial charge in [-0.1, -0.05) is 32.9 Å². The standard InChI is InChI=1S/C24H29N3O4S2/c1-15-12-18(31-5)10-11-19(15)21-14-32-22(25-21)20(26-23(28)24(2,3)4)13-16-6-8-17(9-7-16)27-33(29)30/h6-12,14,20,33H,13H2,1-5H3,(H,26,28)(H,27,29,30)/t20-/m0/s1. The number of carbonyl (C=O) groups is 1. The van der Waals surface area contributed by atoms with E-state index in [2.05, 4.69) is 10.0 Å². The Morgan fingerprint density at radius 1 is 1.15 bits per heavy atom. The topological polar surface area (TPSA) is 97.4 Å². The Morgan fingerprint density at radius 2 is 1.85 bits per heavy atom. The number of hydrogen-bond acceptors (Lipinski definition) is 6. The van der Waals surface area contributed by atoms with Gasteiger partial charge >= 0.3 is 0 Å². The molecule has 2 aromatic carbocycles. The molecule has 0 saturated heterocycles. The lowest BCUT2D eigenvalue weighted by atomic mass is 9.94. The predicted octanol–water partition coefficient (Wildman–Crippen LogP) is 4.51. The Kier molecular flexibility index (Phi) is 7.76. The van der Waals surface area contributed by atoms with Crippen LogP contribution in [0.3, 0.4) is 0 Å². The van der Waals surface area contributed by atoms with E-state index in [0.717, 1.165) is 33.1 Å². The zero-order valence-corrected chi connectivity index (χ0v) is 21.0. The van der Waals surface area contributed by atoms with Crippen LogP contribution in [-0.2, 0) is 22.1 Å². The number of aryl methyl sites for hydroxylation is 1. The van der Waals surface area contributed by atoms with E-state index in [1.54, 1.807) is 19.2 Å². The van der Waals surface area contributed by atoms with E-state index < -0.39 is 16.3 Å². The van der Waals surface area contributed by atoms with Crippen molar-refractivity contribution in [1.29, 1.82) is 0 Å². The first-order valence-electron chi connectivity index (χ1n) is 10.5. The highest BCUT2D eigenvalue weighted by molar-refractivity contribution is 7.73. The maximum atomic E-state index is 12.8. The van der Waals surface area contributed by atoms with Crippen LogP contribution in [-0.4, -0.2) is 26.4 Å². The van der Waals surface area contributed by atoms with Crippen molar-refractivity contribution in [3.05, 3.63) is 64.0 Å². The Labute approximate surface area is 200 Å². The maximum absolute atomic E-state index is 12.8. The van der Waals surface area contributed by atoms with Gasteiger partial charge in [0.2, 0.25) is 16.8 Å². The Morgan fingerprint density at radius 3 is 2.42 bits per heavy atom. The molecule has 0 aliphatic heterocycles. The number of nitrogens with one attached hydrogen (secondary N) is 2. The molecule has 1 amide bonds. The second-order valence-electron chi connectivity index (χ2n) is 8.80. The first-order valence-corrected chi connectivity index (χ1v) is 12.5. The normalized spacial score (nSPS) is 12.4. The van der Waals surface area contributed by atoms with Crippen molar-refractivity contribution in [3.63, 3.8) is 0 Å². The minimum atomic E-state index is -2.71. The molecule has 3 rings (SSSR count). The zero-order chi connectivity index (χ0) is 24.2. The summed E-state index contributed by atoms with van der Waals surface area (Å²) in [5, 5.41) is 5.95. The molecule has 0 bridgehead atoms. The number of ether oxygens (including phenoxy) is 1. The summed E-state index contributed by atoms with van der Waals surface area (Å²) in [6.07, 6.45) is 0.528. The predicted molar refractivity (Wildman–Crippen MR) is 133 cm³/mol. The van der Waals surface area contributed by atoms with Crippen molar-refractivity contribution in [2.75, 3.05) is 11.8 Å². The van der Waals surface area contributed by atoms with Crippen molar-refractivity contribution in [2.24, 2.45) is 5.41 Å². The van der Waals surface area contributed by atoms with Gasteiger partial charge < -0.3 is 10.1 Å². The fraction of sp³-hybridized carbons (Fsp3) is 0.333. The van der Waals surface area contributed by atoms with Gasteiger partial charge in [-0.3, -0.25) is 9.52 Å². The smallest absolute Gasteiger partial charge is 0.225 e. The SMILES string of the molecule is COc1ccc(-c2csc([C@H](Cc3ccc(N[SH](=O)=O)cc3)NC(=O)C(C)(C)C)n2)c(C)c1. The second kappa shape index (κ2) is 10.4. The average molecular weight is 488 g/mol. The molecule has 0 radical (unpaired) electrons. The molecule has 0 saturated carbocycles. The lowest BCUT2D eigenvalue weighted by molar-refractivity contribution is -0.129. The number of thiazole rings is 1. The fourth-order valence-corrected chi connectivity index (χ4v) is 4.48. The third kappa shape index (κ3) is 6.55. The van der Waals surface area contributed by atoms with E-state index in [1.165, 1.54) is 11.3 Å². The van der Waals surface area contributed by atoms with Gasteiger partial charge in [-0.2, -0.15) is 0 Å².